The summed E-state index contributed by atoms with van der Waals surface area (Å²) in [5.74, 6) is 5.29. The van der Waals surface area contributed by atoms with Crippen molar-refractivity contribution >= 4 is 5.71 Å². The first kappa shape index (κ1) is 7.35. The predicted molar refractivity (Wildman–Crippen MR) is 50.2 cm³/mol. The summed E-state index contributed by atoms with van der Waals surface area (Å²) in [6.45, 7) is 2.09. The summed E-state index contributed by atoms with van der Waals surface area (Å²) in [6, 6.07) is 6.47. The number of nitrogens with two attached hydrogens (primary N) is 1. The van der Waals surface area contributed by atoms with Gasteiger partial charge in [0.1, 0.15) is 0 Å². The molecule has 0 atom stereocenters. The number of hydrazone groups is 1. The van der Waals surface area contributed by atoms with E-state index in [1.165, 1.54) is 16.7 Å². The van der Waals surface area contributed by atoms with Gasteiger partial charge in [-0.05, 0) is 31.4 Å². The lowest BCUT2D eigenvalue weighted by Crippen LogP contribution is -1.98. The second-order valence-corrected chi connectivity index (χ2v) is 3.24. The van der Waals surface area contributed by atoms with E-state index >= 15 is 0 Å². The van der Waals surface area contributed by atoms with Crippen LogP contribution in [-0.4, -0.2) is 5.71 Å². The Morgan fingerprint density at radius 2 is 2.17 bits per heavy atom. The topological polar surface area (TPSA) is 38.4 Å². The Morgan fingerprint density at radius 1 is 1.33 bits per heavy atom. The predicted octanol–water partition coefficient (Wildman–Crippen LogP) is 1.60. The third-order valence-corrected chi connectivity index (χ3v) is 2.36. The highest BCUT2D eigenvalue weighted by molar-refractivity contribution is 6.04. The van der Waals surface area contributed by atoms with Gasteiger partial charge in [0.15, 0.2) is 0 Å². The Kier molecular flexibility index (Phi) is 1.61. The lowest BCUT2D eigenvalue weighted by Gasteiger charge is -1.99. The second kappa shape index (κ2) is 2.63. The molecule has 2 heteroatoms. The summed E-state index contributed by atoms with van der Waals surface area (Å²) >= 11 is 0. The monoisotopic (exact) mass is 160 g/mol. The Morgan fingerprint density at radius 3 is 2.92 bits per heavy atom. The van der Waals surface area contributed by atoms with Gasteiger partial charge < -0.3 is 5.84 Å². The molecule has 0 heterocycles. The van der Waals surface area contributed by atoms with Crippen molar-refractivity contribution in [3.63, 3.8) is 0 Å². The molecule has 0 unspecified atom stereocenters. The van der Waals surface area contributed by atoms with Crippen molar-refractivity contribution < 1.29 is 0 Å². The van der Waals surface area contributed by atoms with Crippen LogP contribution in [0.4, 0.5) is 0 Å². The van der Waals surface area contributed by atoms with E-state index in [9.17, 15) is 0 Å². The van der Waals surface area contributed by atoms with Gasteiger partial charge in [0, 0.05) is 5.56 Å². The molecular weight excluding hydrogens is 148 g/mol. The van der Waals surface area contributed by atoms with E-state index in [1.807, 2.05) is 0 Å². The molecular formula is C10H12N2. The Hall–Kier alpha value is -1.31. The fourth-order valence-electron chi connectivity index (χ4n) is 1.70. The second-order valence-electron chi connectivity index (χ2n) is 3.24. The molecule has 1 aliphatic carbocycles. The van der Waals surface area contributed by atoms with Crippen molar-refractivity contribution in [1.29, 1.82) is 0 Å². The zero-order valence-electron chi connectivity index (χ0n) is 7.17. The maximum absolute atomic E-state index is 5.29. The van der Waals surface area contributed by atoms with Crippen LogP contribution in [0.25, 0.3) is 0 Å². The van der Waals surface area contributed by atoms with Crippen molar-refractivity contribution in [3.05, 3.63) is 34.9 Å². The number of hydrogen-bond donors (Lipinski definition) is 1. The number of hydrogen-bond acceptors (Lipinski definition) is 2. The van der Waals surface area contributed by atoms with Gasteiger partial charge in [-0.15, -0.1) is 0 Å². The molecule has 2 rings (SSSR count). The molecule has 2 nitrogen and oxygen atoms in total. The third-order valence-electron chi connectivity index (χ3n) is 2.36. The van der Waals surface area contributed by atoms with E-state index in [-0.39, 0.29) is 0 Å². The number of fused-ring (bicyclic) bond motifs is 1. The van der Waals surface area contributed by atoms with Gasteiger partial charge >= 0.3 is 0 Å². The summed E-state index contributed by atoms with van der Waals surface area (Å²) in [5, 5.41) is 3.79. The van der Waals surface area contributed by atoms with Gasteiger partial charge in [-0.2, -0.15) is 5.10 Å². The average Bonchev–Trinajstić information content (AvgIpc) is 2.46. The van der Waals surface area contributed by atoms with E-state index in [0.29, 0.717) is 0 Å². The quantitative estimate of drug-likeness (QED) is 0.454. The lowest BCUT2D eigenvalue weighted by molar-refractivity contribution is 1.08. The molecule has 0 bridgehead atoms. The van der Waals surface area contributed by atoms with Gasteiger partial charge in [-0.3, -0.25) is 0 Å². The first-order valence-electron chi connectivity index (χ1n) is 4.18. The highest BCUT2D eigenvalue weighted by Gasteiger charge is 2.16. The SMILES string of the molecule is Cc1ccc2c(c1)C(=NN)CC2. The minimum Gasteiger partial charge on any atom is -0.323 e. The van der Waals surface area contributed by atoms with E-state index in [1.54, 1.807) is 0 Å². The Balaban J connectivity index is 2.57. The smallest absolute Gasteiger partial charge is 0.0678 e. The summed E-state index contributed by atoms with van der Waals surface area (Å²) in [6.07, 6.45) is 2.08. The first-order valence-corrected chi connectivity index (χ1v) is 4.18. The maximum atomic E-state index is 5.29. The third kappa shape index (κ3) is 0.998. The summed E-state index contributed by atoms with van der Waals surface area (Å²) < 4.78 is 0. The summed E-state index contributed by atoms with van der Waals surface area (Å²) in [7, 11) is 0. The molecule has 0 amide bonds. The minimum absolute atomic E-state index is 0.995. The van der Waals surface area contributed by atoms with E-state index < -0.39 is 0 Å². The normalized spacial score (nSPS) is 18.2. The number of nitrogens with zero attached hydrogens (tertiary/aromatic N) is 1. The van der Waals surface area contributed by atoms with Crippen LogP contribution in [0.5, 0.6) is 0 Å². The van der Waals surface area contributed by atoms with Crippen molar-refractivity contribution in [2.24, 2.45) is 10.9 Å². The number of aryl methyl sites for hydroxylation is 2. The molecule has 0 saturated heterocycles. The minimum atomic E-state index is 0.995. The van der Waals surface area contributed by atoms with Crippen molar-refractivity contribution in [2.45, 2.75) is 19.8 Å². The number of rotatable bonds is 0. The molecule has 0 fully saturated rings. The van der Waals surface area contributed by atoms with E-state index in [2.05, 4.69) is 30.2 Å². The van der Waals surface area contributed by atoms with Crippen LogP contribution >= 0.6 is 0 Å². The fourth-order valence-corrected chi connectivity index (χ4v) is 1.70. The molecule has 0 aliphatic heterocycles. The highest BCUT2D eigenvalue weighted by atomic mass is 15.1. The molecule has 1 aromatic rings. The molecule has 0 saturated carbocycles. The van der Waals surface area contributed by atoms with Crippen molar-refractivity contribution in [3.8, 4) is 0 Å². The van der Waals surface area contributed by atoms with Crippen LogP contribution in [0.3, 0.4) is 0 Å². The molecule has 62 valence electrons. The average molecular weight is 160 g/mol. The van der Waals surface area contributed by atoms with Gasteiger partial charge in [0.25, 0.3) is 0 Å². The van der Waals surface area contributed by atoms with Gasteiger partial charge in [0.2, 0.25) is 0 Å². The Bertz CT molecular complexity index is 340. The lowest BCUT2D eigenvalue weighted by atomic mass is 10.1. The molecule has 0 spiro atoms. The molecule has 1 aliphatic rings. The zero-order valence-corrected chi connectivity index (χ0v) is 7.17. The Labute approximate surface area is 72.1 Å². The van der Waals surface area contributed by atoms with E-state index in [0.717, 1.165) is 18.6 Å². The summed E-state index contributed by atoms with van der Waals surface area (Å²) in [4.78, 5) is 0. The molecule has 0 radical (unpaired) electrons. The van der Waals surface area contributed by atoms with E-state index in [4.69, 9.17) is 5.84 Å². The van der Waals surface area contributed by atoms with Crippen LogP contribution in [-0.2, 0) is 6.42 Å². The highest BCUT2D eigenvalue weighted by Crippen LogP contribution is 2.22. The fraction of sp³-hybridized carbons (Fsp3) is 0.300. The molecule has 2 N–H and O–H groups in total. The van der Waals surface area contributed by atoms with Crippen molar-refractivity contribution in [2.75, 3.05) is 0 Å². The molecule has 1 aromatic carbocycles. The zero-order chi connectivity index (χ0) is 8.55. The van der Waals surface area contributed by atoms with Crippen LogP contribution in [0.1, 0.15) is 23.1 Å². The standard InChI is InChI=1S/C10H12N2/c1-7-2-3-8-4-5-10(12-11)9(8)6-7/h2-3,6H,4-5,11H2,1H3. The van der Waals surface area contributed by atoms with Crippen LogP contribution in [0, 0.1) is 6.92 Å². The summed E-state index contributed by atoms with van der Waals surface area (Å²) in [5.41, 5.74) is 4.95. The number of benzene rings is 1. The van der Waals surface area contributed by atoms with Gasteiger partial charge in [-0.1, -0.05) is 17.7 Å². The molecule has 12 heavy (non-hydrogen) atoms. The van der Waals surface area contributed by atoms with Crippen LogP contribution in [0.15, 0.2) is 23.3 Å². The van der Waals surface area contributed by atoms with Crippen LogP contribution in [0.2, 0.25) is 0 Å². The van der Waals surface area contributed by atoms with Gasteiger partial charge in [0.05, 0.1) is 5.71 Å². The first-order chi connectivity index (χ1) is 5.81. The van der Waals surface area contributed by atoms with Crippen LogP contribution < -0.4 is 5.84 Å². The largest absolute Gasteiger partial charge is 0.323 e. The molecule has 0 aromatic heterocycles. The van der Waals surface area contributed by atoms with Gasteiger partial charge in [-0.25, -0.2) is 0 Å². The van der Waals surface area contributed by atoms with Crippen molar-refractivity contribution in [1.82, 2.24) is 0 Å². The maximum Gasteiger partial charge on any atom is 0.0678 e.